The average molecular weight is 216 g/mol. The Balaban J connectivity index is 2.54. The number of rotatable bonds is 0. The largest absolute Gasteiger partial charge is 0.416 e. The quantitative estimate of drug-likeness (QED) is 0.706. The molecule has 15 heavy (non-hydrogen) atoms. The van der Waals surface area contributed by atoms with E-state index in [1.54, 1.807) is 6.07 Å². The highest BCUT2D eigenvalue weighted by Crippen LogP contribution is 2.38. The lowest BCUT2D eigenvalue weighted by molar-refractivity contribution is -0.138. The molecular weight excluding hydrogens is 205 g/mol. The average Bonchev–Trinajstić information content (AvgIpc) is 2.16. The standard InChI is InChI=1S/C11H11F3O/c12-11(13,14)9-5-1-4-8-7(9)3-2-6-10(8)15/h1,4-5,10,15H,2-3,6H2/t10-/m0/s1. The zero-order valence-electron chi connectivity index (χ0n) is 8.01. The Bertz CT molecular complexity index is 371. The van der Waals surface area contributed by atoms with E-state index >= 15 is 0 Å². The van der Waals surface area contributed by atoms with Gasteiger partial charge in [-0.2, -0.15) is 13.2 Å². The van der Waals surface area contributed by atoms with E-state index in [0.717, 1.165) is 6.07 Å². The summed E-state index contributed by atoms with van der Waals surface area (Å²) in [6.07, 6.45) is -3.49. The van der Waals surface area contributed by atoms with Gasteiger partial charge in [-0.05, 0) is 36.5 Å². The molecule has 0 spiro atoms. The van der Waals surface area contributed by atoms with Crippen LogP contribution in [-0.2, 0) is 12.6 Å². The molecule has 0 aromatic heterocycles. The minimum Gasteiger partial charge on any atom is -0.388 e. The van der Waals surface area contributed by atoms with Gasteiger partial charge in [0.2, 0.25) is 0 Å². The molecule has 0 fully saturated rings. The molecule has 0 bridgehead atoms. The van der Waals surface area contributed by atoms with E-state index < -0.39 is 17.8 Å². The maximum atomic E-state index is 12.6. The van der Waals surface area contributed by atoms with Crippen molar-refractivity contribution in [2.24, 2.45) is 0 Å². The molecule has 0 amide bonds. The van der Waals surface area contributed by atoms with Gasteiger partial charge in [0.25, 0.3) is 0 Å². The molecule has 1 aromatic carbocycles. The van der Waals surface area contributed by atoms with E-state index in [1.165, 1.54) is 6.07 Å². The van der Waals surface area contributed by atoms with Crippen molar-refractivity contribution in [3.63, 3.8) is 0 Å². The van der Waals surface area contributed by atoms with Gasteiger partial charge in [0.1, 0.15) is 0 Å². The summed E-state index contributed by atoms with van der Waals surface area (Å²) >= 11 is 0. The summed E-state index contributed by atoms with van der Waals surface area (Å²) in [4.78, 5) is 0. The van der Waals surface area contributed by atoms with Crippen molar-refractivity contribution in [1.29, 1.82) is 0 Å². The maximum Gasteiger partial charge on any atom is 0.416 e. The molecule has 2 rings (SSSR count). The molecule has 1 aromatic rings. The molecule has 0 heterocycles. The van der Waals surface area contributed by atoms with Crippen LogP contribution in [0.5, 0.6) is 0 Å². The van der Waals surface area contributed by atoms with Crippen molar-refractivity contribution in [2.45, 2.75) is 31.5 Å². The van der Waals surface area contributed by atoms with Crippen LogP contribution in [0.4, 0.5) is 13.2 Å². The van der Waals surface area contributed by atoms with E-state index in [1.807, 2.05) is 0 Å². The first kappa shape index (κ1) is 10.5. The van der Waals surface area contributed by atoms with Crippen molar-refractivity contribution in [2.75, 3.05) is 0 Å². The van der Waals surface area contributed by atoms with Gasteiger partial charge in [0.05, 0.1) is 11.7 Å². The van der Waals surface area contributed by atoms with Crippen LogP contribution >= 0.6 is 0 Å². The van der Waals surface area contributed by atoms with E-state index in [9.17, 15) is 18.3 Å². The van der Waals surface area contributed by atoms with E-state index in [0.29, 0.717) is 24.8 Å². The number of hydrogen-bond donors (Lipinski definition) is 1. The molecule has 0 saturated carbocycles. The number of fused-ring (bicyclic) bond motifs is 1. The van der Waals surface area contributed by atoms with E-state index in [2.05, 4.69) is 0 Å². The normalized spacial score (nSPS) is 21.2. The van der Waals surface area contributed by atoms with Crippen molar-refractivity contribution >= 4 is 0 Å². The minimum absolute atomic E-state index is 0.267. The highest BCUT2D eigenvalue weighted by atomic mass is 19.4. The molecule has 0 saturated heterocycles. The van der Waals surface area contributed by atoms with Gasteiger partial charge in [-0.15, -0.1) is 0 Å². The first-order valence-electron chi connectivity index (χ1n) is 4.87. The van der Waals surface area contributed by atoms with E-state index in [4.69, 9.17) is 0 Å². The number of alkyl halides is 3. The van der Waals surface area contributed by atoms with Gasteiger partial charge in [0, 0.05) is 0 Å². The zero-order chi connectivity index (χ0) is 11.1. The third-order valence-corrected chi connectivity index (χ3v) is 2.78. The van der Waals surface area contributed by atoms with Crippen LogP contribution in [0.3, 0.4) is 0 Å². The number of aliphatic hydroxyl groups is 1. The van der Waals surface area contributed by atoms with Gasteiger partial charge < -0.3 is 5.11 Å². The Morgan fingerprint density at radius 2 is 2.00 bits per heavy atom. The molecular formula is C11H11F3O. The Morgan fingerprint density at radius 3 is 2.67 bits per heavy atom. The highest BCUT2D eigenvalue weighted by molar-refractivity contribution is 5.39. The molecule has 1 atom stereocenters. The topological polar surface area (TPSA) is 20.2 Å². The number of hydrogen-bond acceptors (Lipinski definition) is 1. The van der Waals surface area contributed by atoms with Crippen molar-refractivity contribution in [1.82, 2.24) is 0 Å². The first-order chi connectivity index (χ1) is 7.00. The predicted octanol–water partition coefficient (Wildman–Crippen LogP) is 3.08. The van der Waals surface area contributed by atoms with Crippen molar-refractivity contribution in [3.8, 4) is 0 Å². The molecule has 1 aliphatic rings. The van der Waals surface area contributed by atoms with Crippen LogP contribution in [0.25, 0.3) is 0 Å². The Hall–Kier alpha value is -1.03. The van der Waals surface area contributed by atoms with Gasteiger partial charge in [-0.25, -0.2) is 0 Å². The van der Waals surface area contributed by atoms with Crippen molar-refractivity contribution < 1.29 is 18.3 Å². The summed E-state index contributed by atoms with van der Waals surface area (Å²) in [6.45, 7) is 0. The smallest absolute Gasteiger partial charge is 0.388 e. The molecule has 1 aliphatic carbocycles. The summed E-state index contributed by atoms with van der Waals surface area (Å²) in [7, 11) is 0. The van der Waals surface area contributed by atoms with Gasteiger partial charge in [0.15, 0.2) is 0 Å². The number of aliphatic hydroxyl groups excluding tert-OH is 1. The van der Waals surface area contributed by atoms with Crippen LogP contribution in [-0.4, -0.2) is 5.11 Å². The number of benzene rings is 1. The summed E-state index contributed by atoms with van der Waals surface area (Å²) in [5.41, 5.74) is 0.110. The Morgan fingerprint density at radius 1 is 1.27 bits per heavy atom. The molecule has 4 heteroatoms. The summed E-state index contributed by atoms with van der Waals surface area (Å²) in [5, 5.41) is 9.58. The Kier molecular flexibility index (Phi) is 2.46. The SMILES string of the molecule is O[C@H]1CCCc2c1cccc2C(F)(F)F. The second-order valence-electron chi connectivity index (χ2n) is 3.78. The fourth-order valence-corrected chi connectivity index (χ4v) is 2.09. The molecule has 0 radical (unpaired) electrons. The molecule has 0 aliphatic heterocycles. The molecule has 1 nitrogen and oxygen atoms in total. The lowest BCUT2D eigenvalue weighted by Gasteiger charge is -2.24. The van der Waals surface area contributed by atoms with E-state index in [-0.39, 0.29) is 5.56 Å². The molecule has 1 N–H and O–H groups in total. The summed E-state index contributed by atoms with van der Waals surface area (Å²) in [6, 6.07) is 4.02. The second-order valence-corrected chi connectivity index (χ2v) is 3.78. The highest BCUT2D eigenvalue weighted by Gasteiger charge is 2.35. The summed E-state index contributed by atoms with van der Waals surface area (Å²) < 4.78 is 37.9. The fraction of sp³-hybridized carbons (Fsp3) is 0.455. The monoisotopic (exact) mass is 216 g/mol. The number of halogens is 3. The van der Waals surface area contributed by atoms with Crippen LogP contribution < -0.4 is 0 Å². The predicted molar refractivity (Wildman–Crippen MR) is 49.3 cm³/mol. The minimum atomic E-state index is -4.32. The maximum absolute atomic E-state index is 12.6. The Labute approximate surface area is 85.5 Å². The third kappa shape index (κ3) is 1.86. The van der Waals surface area contributed by atoms with Crippen molar-refractivity contribution in [3.05, 3.63) is 34.9 Å². The van der Waals surface area contributed by atoms with Gasteiger partial charge in [-0.3, -0.25) is 0 Å². The second kappa shape index (κ2) is 3.52. The van der Waals surface area contributed by atoms with Gasteiger partial charge in [-0.1, -0.05) is 12.1 Å². The fourth-order valence-electron chi connectivity index (χ4n) is 2.09. The van der Waals surface area contributed by atoms with Crippen LogP contribution in [0.1, 0.15) is 35.6 Å². The lowest BCUT2D eigenvalue weighted by atomic mass is 9.86. The van der Waals surface area contributed by atoms with Crippen LogP contribution in [0.2, 0.25) is 0 Å². The van der Waals surface area contributed by atoms with Crippen LogP contribution in [0, 0.1) is 0 Å². The molecule has 82 valence electrons. The van der Waals surface area contributed by atoms with Crippen LogP contribution in [0.15, 0.2) is 18.2 Å². The molecule has 0 unspecified atom stereocenters. The zero-order valence-corrected chi connectivity index (χ0v) is 8.01. The lowest BCUT2D eigenvalue weighted by Crippen LogP contribution is -2.16. The third-order valence-electron chi connectivity index (χ3n) is 2.78. The summed E-state index contributed by atoms with van der Waals surface area (Å²) in [5.74, 6) is 0. The van der Waals surface area contributed by atoms with Gasteiger partial charge >= 0.3 is 6.18 Å². The first-order valence-corrected chi connectivity index (χ1v) is 4.87.